The Labute approximate surface area is 118 Å². The van der Waals surface area contributed by atoms with Gasteiger partial charge < -0.3 is 11.1 Å². The van der Waals surface area contributed by atoms with Gasteiger partial charge in [-0.25, -0.2) is 8.78 Å². The third-order valence-corrected chi connectivity index (χ3v) is 3.11. The van der Waals surface area contributed by atoms with Gasteiger partial charge in [0.15, 0.2) is 5.82 Å². The highest BCUT2D eigenvalue weighted by Crippen LogP contribution is 2.18. The van der Waals surface area contributed by atoms with Crippen LogP contribution < -0.4 is 11.1 Å². The van der Waals surface area contributed by atoms with Crippen LogP contribution in [0.4, 0.5) is 14.5 Å². The summed E-state index contributed by atoms with van der Waals surface area (Å²) in [5, 5.41) is 2.66. The molecule has 1 aromatic rings. The molecule has 112 valence electrons. The smallest absolute Gasteiger partial charge is 0.254 e. The maximum absolute atomic E-state index is 13.7. The number of carbonyl (C=O) groups is 1. The average Bonchev–Trinajstić information content (AvgIpc) is 2.32. The maximum Gasteiger partial charge on any atom is 0.254 e. The molecule has 3 nitrogen and oxygen atoms in total. The molecule has 1 rings (SSSR count). The molecule has 0 aliphatic rings. The van der Waals surface area contributed by atoms with E-state index < -0.39 is 17.5 Å². The van der Waals surface area contributed by atoms with Gasteiger partial charge in [0.1, 0.15) is 5.82 Å². The average molecular weight is 284 g/mol. The number of nitrogens with one attached hydrogen (secondary N) is 1. The number of carbonyl (C=O) groups excluding carboxylic acids is 1. The first-order valence-corrected chi connectivity index (χ1v) is 6.86. The summed E-state index contributed by atoms with van der Waals surface area (Å²) in [5.41, 5.74) is 4.60. The Kier molecular flexibility index (Phi) is 5.92. The molecule has 20 heavy (non-hydrogen) atoms. The minimum atomic E-state index is -0.877. The van der Waals surface area contributed by atoms with Crippen molar-refractivity contribution in [1.29, 1.82) is 0 Å². The lowest BCUT2D eigenvalue weighted by Gasteiger charge is -2.15. The number of rotatable bonds is 6. The molecule has 0 saturated carbocycles. The zero-order valence-electron chi connectivity index (χ0n) is 12.2. The molecule has 0 aromatic heterocycles. The van der Waals surface area contributed by atoms with Crippen LogP contribution >= 0.6 is 0 Å². The normalized spacial score (nSPS) is 12.5. The molecule has 0 aliphatic heterocycles. The second kappa shape index (κ2) is 7.22. The summed E-state index contributed by atoms with van der Waals surface area (Å²) >= 11 is 0. The number of halogens is 2. The van der Waals surface area contributed by atoms with Crippen LogP contribution in [0.2, 0.25) is 0 Å². The highest BCUT2D eigenvalue weighted by Gasteiger charge is 2.17. The Hall–Kier alpha value is -1.65. The quantitative estimate of drug-likeness (QED) is 0.786. The van der Waals surface area contributed by atoms with Crippen molar-refractivity contribution in [3.8, 4) is 0 Å². The molecule has 0 aliphatic carbocycles. The van der Waals surface area contributed by atoms with Crippen molar-refractivity contribution in [3.63, 3.8) is 0 Å². The molecule has 0 saturated heterocycles. The van der Waals surface area contributed by atoms with Gasteiger partial charge in [-0.2, -0.15) is 0 Å². The second-order valence-electron chi connectivity index (χ2n) is 5.56. The van der Waals surface area contributed by atoms with Gasteiger partial charge in [-0.15, -0.1) is 0 Å². The molecule has 0 spiro atoms. The molecule has 1 unspecified atom stereocenters. The number of hydrogen-bond acceptors (Lipinski definition) is 2. The highest BCUT2D eigenvalue weighted by atomic mass is 19.1. The zero-order valence-corrected chi connectivity index (χ0v) is 12.2. The topological polar surface area (TPSA) is 55.1 Å². The van der Waals surface area contributed by atoms with Crippen LogP contribution in [0.3, 0.4) is 0 Å². The standard InChI is InChI=1S/C15H22F2N2O/c1-9(2)5-4-6-10(3)19-15(20)12-7-11(16)8-13(18)14(12)17/h7-10H,4-6,18H2,1-3H3,(H,19,20). The fraction of sp³-hybridized carbons (Fsp3) is 0.533. The van der Waals surface area contributed by atoms with E-state index in [2.05, 4.69) is 19.2 Å². The van der Waals surface area contributed by atoms with Crippen molar-refractivity contribution < 1.29 is 13.6 Å². The second-order valence-corrected chi connectivity index (χ2v) is 5.56. The molecule has 0 heterocycles. The summed E-state index contributed by atoms with van der Waals surface area (Å²) in [5.74, 6) is -1.62. The van der Waals surface area contributed by atoms with Crippen molar-refractivity contribution in [2.45, 2.75) is 46.1 Å². The molecular formula is C15H22F2N2O. The van der Waals surface area contributed by atoms with Crippen molar-refractivity contribution in [2.24, 2.45) is 5.92 Å². The van der Waals surface area contributed by atoms with Crippen molar-refractivity contribution in [2.75, 3.05) is 5.73 Å². The molecule has 3 N–H and O–H groups in total. The predicted molar refractivity (Wildman–Crippen MR) is 76.4 cm³/mol. The van der Waals surface area contributed by atoms with Crippen molar-refractivity contribution >= 4 is 11.6 Å². The number of anilines is 1. The lowest BCUT2D eigenvalue weighted by atomic mass is 10.0. The molecule has 0 bridgehead atoms. The largest absolute Gasteiger partial charge is 0.396 e. The molecule has 1 amide bonds. The molecule has 0 fully saturated rings. The van der Waals surface area contributed by atoms with E-state index in [1.165, 1.54) is 0 Å². The van der Waals surface area contributed by atoms with Crippen LogP contribution in [0.25, 0.3) is 0 Å². The van der Waals surface area contributed by atoms with E-state index in [4.69, 9.17) is 5.73 Å². The summed E-state index contributed by atoms with van der Waals surface area (Å²) < 4.78 is 26.9. The third-order valence-electron chi connectivity index (χ3n) is 3.11. The summed E-state index contributed by atoms with van der Waals surface area (Å²) in [4.78, 5) is 11.9. The minimum absolute atomic E-state index is 0.0925. The minimum Gasteiger partial charge on any atom is -0.396 e. The monoisotopic (exact) mass is 284 g/mol. The molecule has 1 aromatic carbocycles. The molecular weight excluding hydrogens is 262 g/mol. The Morgan fingerprint density at radius 3 is 2.50 bits per heavy atom. The first-order chi connectivity index (χ1) is 9.31. The van der Waals surface area contributed by atoms with Gasteiger partial charge >= 0.3 is 0 Å². The van der Waals surface area contributed by atoms with Gasteiger partial charge in [-0.3, -0.25) is 4.79 Å². The van der Waals surface area contributed by atoms with E-state index in [1.54, 1.807) is 0 Å². The van der Waals surface area contributed by atoms with Crippen LogP contribution in [-0.4, -0.2) is 11.9 Å². The number of nitrogens with two attached hydrogens (primary N) is 1. The first kappa shape index (κ1) is 16.4. The van der Waals surface area contributed by atoms with Crippen LogP contribution in [0, 0.1) is 17.6 Å². The van der Waals surface area contributed by atoms with Crippen LogP contribution in [0.15, 0.2) is 12.1 Å². The van der Waals surface area contributed by atoms with E-state index in [0.717, 1.165) is 31.4 Å². The van der Waals surface area contributed by atoms with E-state index in [0.29, 0.717) is 5.92 Å². The van der Waals surface area contributed by atoms with Gasteiger partial charge in [0.25, 0.3) is 5.91 Å². The van der Waals surface area contributed by atoms with Gasteiger partial charge in [0, 0.05) is 6.04 Å². The lowest BCUT2D eigenvalue weighted by molar-refractivity contribution is 0.0933. The molecule has 5 heteroatoms. The van der Waals surface area contributed by atoms with Gasteiger partial charge in [0.2, 0.25) is 0 Å². The Balaban J connectivity index is 2.63. The van der Waals surface area contributed by atoms with Crippen molar-refractivity contribution in [3.05, 3.63) is 29.3 Å². The van der Waals surface area contributed by atoms with Crippen molar-refractivity contribution in [1.82, 2.24) is 5.32 Å². The SMILES string of the molecule is CC(C)CCCC(C)NC(=O)c1cc(F)cc(N)c1F. The summed E-state index contributed by atoms with van der Waals surface area (Å²) in [7, 11) is 0. The predicted octanol–water partition coefficient (Wildman–Crippen LogP) is 3.49. The van der Waals surface area contributed by atoms with Crippen LogP contribution in [-0.2, 0) is 0 Å². The fourth-order valence-electron chi connectivity index (χ4n) is 1.98. The van der Waals surface area contributed by atoms with E-state index in [-0.39, 0.29) is 17.3 Å². The summed E-state index contributed by atoms with van der Waals surface area (Å²) in [6, 6.07) is 1.63. The maximum atomic E-state index is 13.7. The molecule has 1 atom stereocenters. The summed E-state index contributed by atoms with van der Waals surface area (Å²) in [6.45, 7) is 6.11. The lowest BCUT2D eigenvalue weighted by Crippen LogP contribution is -2.33. The Morgan fingerprint density at radius 1 is 1.25 bits per heavy atom. The number of amides is 1. The van der Waals surface area contributed by atoms with Crippen LogP contribution in [0.1, 0.15) is 50.4 Å². The summed E-state index contributed by atoms with van der Waals surface area (Å²) in [6.07, 6.45) is 2.85. The number of hydrogen-bond donors (Lipinski definition) is 2. The molecule has 0 radical (unpaired) electrons. The zero-order chi connectivity index (χ0) is 15.3. The fourth-order valence-corrected chi connectivity index (χ4v) is 1.98. The highest BCUT2D eigenvalue weighted by molar-refractivity contribution is 5.95. The Morgan fingerprint density at radius 2 is 1.90 bits per heavy atom. The van der Waals surface area contributed by atoms with E-state index in [9.17, 15) is 13.6 Å². The third kappa shape index (κ3) is 4.79. The Bertz CT molecular complexity index is 475. The first-order valence-electron chi connectivity index (χ1n) is 6.86. The van der Waals surface area contributed by atoms with Gasteiger partial charge in [-0.1, -0.05) is 26.7 Å². The van der Waals surface area contributed by atoms with Gasteiger partial charge in [0.05, 0.1) is 11.3 Å². The van der Waals surface area contributed by atoms with E-state index >= 15 is 0 Å². The van der Waals surface area contributed by atoms with Gasteiger partial charge in [-0.05, 0) is 31.4 Å². The van der Waals surface area contributed by atoms with E-state index in [1.807, 2.05) is 6.92 Å². The number of benzene rings is 1. The van der Waals surface area contributed by atoms with Crippen LogP contribution in [0.5, 0.6) is 0 Å². The number of nitrogen functional groups attached to an aromatic ring is 1.